The number of thiophene rings is 1. The Morgan fingerprint density at radius 3 is 2.87 bits per heavy atom. The van der Waals surface area contributed by atoms with Gasteiger partial charge >= 0.3 is 5.97 Å². The van der Waals surface area contributed by atoms with Crippen LogP contribution in [0.25, 0.3) is 22.6 Å². The van der Waals surface area contributed by atoms with Crippen molar-refractivity contribution >= 4 is 39.9 Å². The van der Waals surface area contributed by atoms with Crippen molar-refractivity contribution in [3.63, 3.8) is 0 Å². The quantitative estimate of drug-likeness (QED) is 0.649. The predicted molar refractivity (Wildman–Crippen MR) is 93.6 cm³/mol. The summed E-state index contributed by atoms with van der Waals surface area (Å²) in [5, 5.41) is 2.94. The summed E-state index contributed by atoms with van der Waals surface area (Å²) in [5.74, 6) is -0.280. The molecule has 114 valence electrons. The summed E-state index contributed by atoms with van der Waals surface area (Å²) in [4.78, 5) is 18.4. The minimum atomic E-state index is -0.280. The molecule has 0 N–H and O–H groups in total. The van der Waals surface area contributed by atoms with Crippen molar-refractivity contribution in [3.05, 3.63) is 63.5 Å². The van der Waals surface area contributed by atoms with Crippen LogP contribution in [0.4, 0.5) is 0 Å². The van der Waals surface area contributed by atoms with Crippen molar-refractivity contribution < 1.29 is 9.53 Å². The number of ether oxygens (including phenoxy) is 1. The molecule has 0 radical (unpaired) electrons. The fourth-order valence-electron chi connectivity index (χ4n) is 3.16. The van der Waals surface area contributed by atoms with Gasteiger partial charge in [-0.05, 0) is 47.6 Å². The van der Waals surface area contributed by atoms with Crippen LogP contribution in [0.2, 0.25) is 0 Å². The first-order valence-electron chi connectivity index (χ1n) is 7.52. The third kappa shape index (κ3) is 2.35. The van der Waals surface area contributed by atoms with Crippen molar-refractivity contribution in [1.29, 1.82) is 0 Å². The average molecular weight is 321 g/mol. The lowest BCUT2D eigenvalue weighted by Gasteiger charge is -2.10. The van der Waals surface area contributed by atoms with Crippen molar-refractivity contribution in [2.75, 3.05) is 7.11 Å². The van der Waals surface area contributed by atoms with E-state index in [1.165, 1.54) is 17.6 Å². The first kappa shape index (κ1) is 14.2. The Kier molecular flexibility index (Phi) is 3.46. The third-order valence-electron chi connectivity index (χ3n) is 4.19. The van der Waals surface area contributed by atoms with Gasteiger partial charge in [-0.25, -0.2) is 9.78 Å². The molecule has 0 fully saturated rings. The van der Waals surface area contributed by atoms with Crippen LogP contribution in [0, 0.1) is 0 Å². The second-order valence-corrected chi connectivity index (χ2v) is 6.49. The van der Waals surface area contributed by atoms with Gasteiger partial charge in [-0.3, -0.25) is 0 Å². The standard InChI is InChI=1S/C19H15NO2S/c1-22-19(21)17-14-6-2-3-7-16(14)20-18-12(8-9-15(17)18)11-13-5-4-10-23-13/h2-7,10-11H,8-9H2,1H3. The minimum absolute atomic E-state index is 0.280. The van der Waals surface area contributed by atoms with E-state index < -0.39 is 0 Å². The number of carbonyl (C=O) groups is 1. The molecule has 2 heterocycles. The van der Waals surface area contributed by atoms with E-state index in [9.17, 15) is 4.79 Å². The van der Waals surface area contributed by atoms with Crippen LogP contribution in [0.5, 0.6) is 0 Å². The highest BCUT2D eigenvalue weighted by molar-refractivity contribution is 7.10. The average Bonchev–Trinajstić information content (AvgIpc) is 3.23. The van der Waals surface area contributed by atoms with E-state index in [1.807, 2.05) is 30.3 Å². The zero-order valence-electron chi connectivity index (χ0n) is 12.7. The van der Waals surface area contributed by atoms with E-state index in [1.54, 1.807) is 11.3 Å². The van der Waals surface area contributed by atoms with E-state index in [0.29, 0.717) is 5.56 Å². The molecular weight excluding hydrogens is 306 g/mol. The van der Waals surface area contributed by atoms with Crippen molar-refractivity contribution in [1.82, 2.24) is 4.98 Å². The molecule has 4 rings (SSSR count). The molecule has 0 aliphatic heterocycles. The lowest BCUT2D eigenvalue weighted by Crippen LogP contribution is -2.08. The first-order chi connectivity index (χ1) is 11.3. The molecule has 0 amide bonds. The second kappa shape index (κ2) is 5.63. The molecule has 4 heteroatoms. The largest absolute Gasteiger partial charge is 0.465 e. The molecule has 1 aliphatic rings. The molecule has 3 aromatic rings. The number of nitrogens with zero attached hydrogens (tertiary/aromatic N) is 1. The van der Waals surface area contributed by atoms with Gasteiger partial charge in [-0.15, -0.1) is 11.3 Å². The maximum absolute atomic E-state index is 12.3. The number of hydrogen-bond donors (Lipinski definition) is 0. The van der Waals surface area contributed by atoms with Crippen LogP contribution < -0.4 is 0 Å². The van der Waals surface area contributed by atoms with Crippen molar-refractivity contribution in [2.24, 2.45) is 0 Å². The van der Waals surface area contributed by atoms with Crippen molar-refractivity contribution in [2.45, 2.75) is 12.8 Å². The van der Waals surface area contributed by atoms with E-state index >= 15 is 0 Å². The van der Waals surface area contributed by atoms with Gasteiger partial charge in [-0.2, -0.15) is 0 Å². The molecule has 0 spiro atoms. The Hall–Kier alpha value is -2.46. The predicted octanol–water partition coefficient (Wildman–Crippen LogP) is 4.57. The Morgan fingerprint density at radius 1 is 1.22 bits per heavy atom. The van der Waals surface area contributed by atoms with Crippen LogP contribution in [-0.4, -0.2) is 18.1 Å². The van der Waals surface area contributed by atoms with E-state index in [-0.39, 0.29) is 5.97 Å². The molecule has 3 nitrogen and oxygen atoms in total. The van der Waals surface area contributed by atoms with Crippen LogP contribution in [0.15, 0.2) is 41.8 Å². The molecule has 23 heavy (non-hydrogen) atoms. The number of aromatic nitrogens is 1. The lowest BCUT2D eigenvalue weighted by molar-refractivity contribution is 0.0602. The number of para-hydroxylation sites is 1. The van der Waals surface area contributed by atoms with Gasteiger partial charge in [0, 0.05) is 10.3 Å². The Balaban J connectivity index is 1.97. The maximum Gasteiger partial charge on any atom is 0.338 e. The zero-order valence-corrected chi connectivity index (χ0v) is 13.5. The van der Waals surface area contributed by atoms with E-state index in [2.05, 4.69) is 17.5 Å². The topological polar surface area (TPSA) is 39.2 Å². The van der Waals surface area contributed by atoms with Gasteiger partial charge in [0.15, 0.2) is 0 Å². The number of allylic oxidation sites excluding steroid dienone is 1. The van der Waals surface area contributed by atoms with Gasteiger partial charge in [0.2, 0.25) is 0 Å². The number of carbonyl (C=O) groups excluding carboxylic acids is 1. The summed E-state index contributed by atoms with van der Waals surface area (Å²) in [7, 11) is 1.43. The Labute approximate surface area is 138 Å². The number of methoxy groups -OCH3 is 1. The normalized spacial score (nSPS) is 15.1. The molecule has 1 aliphatic carbocycles. The number of hydrogen-bond acceptors (Lipinski definition) is 4. The Morgan fingerprint density at radius 2 is 2.09 bits per heavy atom. The second-order valence-electron chi connectivity index (χ2n) is 5.51. The zero-order chi connectivity index (χ0) is 15.8. The molecule has 0 saturated carbocycles. The number of fused-ring (bicyclic) bond motifs is 2. The molecule has 0 atom stereocenters. The molecular formula is C19H15NO2S. The van der Waals surface area contributed by atoms with Gasteiger partial charge in [0.1, 0.15) is 0 Å². The molecule has 0 unspecified atom stereocenters. The molecule has 0 saturated heterocycles. The highest BCUT2D eigenvalue weighted by atomic mass is 32.1. The lowest BCUT2D eigenvalue weighted by atomic mass is 10.0. The van der Waals surface area contributed by atoms with Crippen LogP contribution in [0.3, 0.4) is 0 Å². The smallest absolute Gasteiger partial charge is 0.338 e. The van der Waals surface area contributed by atoms with Gasteiger partial charge < -0.3 is 4.74 Å². The van der Waals surface area contributed by atoms with Crippen LogP contribution in [0.1, 0.15) is 32.9 Å². The number of benzene rings is 1. The summed E-state index contributed by atoms with van der Waals surface area (Å²) < 4.78 is 5.03. The highest BCUT2D eigenvalue weighted by Gasteiger charge is 2.27. The number of esters is 1. The summed E-state index contributed by atoms with van der Waals surface area (Å²) in [6.07, 6.45) is 3.91. The molecule has 0 bridgehead atoms. The molecule has 2 aromatic heterocycles. The summed E-state index contributed by atoms with van der Waals surface area (Å²) in [5.41, 5.74) is 4.66. The fraction of sp³-hybridized carbons (Fsp3) is 0.158. The molecule has 1 aromatic carbocycles. The Bertz CT molecular complexity index is 926. The van der Waals surface area contributed by atoms with Crippen molar-refractivity contribution in [3.8, 4) is 0 Å². The maximum atomic E-state index is 12.3. The third-order valence-corrected chi connectivity index (χ3v) is 5.01. The van der Waals surface area contributed by atoms with Gasteiger partial charge in [0.05, 0.1) is 23.9 Å². The number of pyridine rings is 1. The first-order valence-corrected chi connectivity index (χ1v) is 8.40. The monoisotopic (exact) mass is 321 g/mol. The van der Waals surface area contributed by atoms with E-state index in [4.69, 9.17) is 9.72 Å². The number of rotatable bonds is 2. The summed E-state index contributed by atoms with van der Waals surface area (Å²) in [6.45, 7) is 0. The van der Waals surface area contributed by atoms with Gasteiger partial charge in [-0.1, -0.05) is 24.3 Å². The van der Waals surface area contributed by atoms with Gasteiger partial charge in [0.25, 0.3) is 0 Å². The SMILES string of the molecule is COC(=O)c1c2c(nc3ccccc13)C(=Cc1cccs1)CC2. The van der Waals surface area contributed by atoms with Crippen LogP contribution in [-0.2, 0) is 11.2 Å². The fourth-order valence-corrected chi connectivity index (χ4v) is 3.84. The van der Waals surface area contributed by atoms with Crippen LogP contribution >= 0.6 is 11.3 Å². The van der Waals surface area contributed by atoms with E-state index in [0.717, 1.165) is 35.0 Å². The summed E-state index contributed by atoms with van der Waals surface area (Å²) in [6, 6.07) is 11.9. The summed E-state index contributed by atoms with van der Waals surface area (Å²) >= 11 is 1.71. The minimum Gasteiger partial charge on any atom is -0.465 e. The highest BCUT2D eigenvalue weighted by Crippen LogP contribution is 2.38.